The third-order valence-electron chi connectivity index (χ3n) is 4.33. The number of phenolic OH excluding ortho intramolecular Hbond substituents is 1. The molecule has 0 aliphatic heterocycles. The Morgan fingerprint density at radius 1 is 1.23 bits per heavy atom. The quantitative estimate of drug-likeness (QED) is 0.456. The number of nitrogens with one attached hydrogen (secondary N) is 2. The van der Waals surface area contributed by atoms with Gasteiger partial charge in [-0.25, -0.2) is 0 Å². The molecule has 1 aromatic heterocycles. The lowest BCUT2D eigenvalue weighted by atomic mass is 9.98. The summed E-state index contributed by atoms with van der Waals surface area (Å²) in [6.07, 6.45) is 0.984. The maximum Gasteiger partial charge on any atom is 0.293 e. The molecule has 3 aromatic rings. The Labute approximate surface area is 157 Å². The first-order valence-corrected chi connectivity index (χ1v) is 8.82. The highest BCUT2D eigenvalue weighted by molar-refractivity contribution is 7.80. The summed E-state index contributed by atoms with van der Waals surface area (Å²) in [5, 5.41) is 16.4. The molecule has 0 aliphatic rings. The van der Waals surface area contributed by atoms with Crippen LogP contribution >= 0.6 is 12.2 Å². The number of para-hydroxylation sites is 1. The van der Waals surface area contributed by atoms with Gasteiger partial charge in [0.2, 0.25) is 0 Å². The topological polar surface area (TPSA) is 74.5 Å². The molecule has 3 rings (SSSR count). The average Bonchev–Trinajstić information content (AvgIpc) is 3.07. The summed E-state index contributed by atoms with van der Waals surface area (Å²) in [7, 11) is 0. The number of rotatable bonds is 4. The summed E-state index contributed by atoms with van der Waals surface area (Å²) < 4.78 is 5.52. The summed E-state index contributed by atoms with van der Waals surface area (Å²) in [4.78, 5) is 12.3. The van der Waals surface area contributed by atoms with Gasteiger partial charge in [-0.15, -0.1) is 0 Å². The van der Waals surface area contributed by atoms with Gasteiger partial charge in [0.25, 0.3) is 5.91 Å². The molecule has 134 valence electrons. The van der Waals surface area contributed by atoms with Gasteiger partial charge in [-0.1, -0.05) is 38.1 Å². The van der Waals surface area contributed by atoms with Crippen LogP contribution in [0, 0.1) is 0 Å². The van der Waals surface area contributed by atoms with Crippen molar-refractivity contribution in [2.24, 2.45) is 0 Å². The first-order chi connectivity index (χ1) is 12.5. The molecular weight excluding hydrogens is 348 g/mol. The molecule has 0 fully saturated rings. The number of carbonyl (C=O) groups is 1. The number of thiocarbonyl (C=S) groups is 1. The van der Waals surface area contributed by atoms with Gasteiger partial charge in [-0.05, 0) is 54.4 Å². The van der Waals surface area contributed by atoms with E-state index in [1.54, 1.807) is 18.2 Å². The van der Waals surface area contributed by atoms with Gasteiger partial charge in [0.15, 0.2) is 10.9 Å². The molecule has 1 amide bonds. The fourth-order valence-corrected chi connectivity index (χ4v) is 2.81. The lowest BCUT2D eigenvalue weighted by molar-refractivity contribution is 0.0953. The van der Waals surface area contributed by atoms with Crippen LogP contribution in [0.15, 0.2) is 52.9 Å². The number of carbonyl (C=O) groups excluding carboxylic acids is 1. The van der Waals surface area contributed by atoms with Crippen LogP contribution in [0.2, 0.25) is 0 Å². The first kappa shape index (κ1) is 17.9. The Hall–Kier alpha value is -2.86. The Balaban J connectivity index is 1.71. The number of anilines is 1. The smallest absolute Gasteiger partial charge is 0.293 e. The molecule has 1 atom stereocenters. The first-order valence-electron chi connectivity index (χ1n) is 8.41. The summed E-state index contributed by atoms with van der Waals surface area (Å²) in [6, 6.07) is 14.4. The van der Waals surface area contributed by atoms with E-state index >= 15 is 0 Å². The van der Waals surface area contributed by atoms with Gasteiger partial charge >= 0.3 is 0 Å². The van der Waals surface area contributed by atoms with Gasteiger partial charge in [0, 0.05) is 5.39 Å². The molecule has 5 nitrogen and oxygen atoms in total. The van der Waals surface area contributed by atoms with Crippen molar-refractivity contribution in [1.29, 1.82) is 0 Å². The number of hydrogen-bond acceptors (Lipinski definition) is 4. The van der Waals surface area contributed by atoms with E-state index < -0.39 is 5.91 Å². The molecule has 26 heavy (non-hydrogen) atoms. The molecule has 1 heterocycles. The predicted octanol–water partition coefficient (Wildman–Crippen LogP) is 4.78. The van der Waals surface area contributed by atoms with Crippen molar-refractivity contribution in [3.63, 3.8) is 0 Å². The Morgan fingerprint density at radius 2 is 2.00 bits per heavy atom. The van der Waals surface area contributed by atoms with Crippen LogP contribution in [-0.2, 0) is 0 Å². The molecule has 2 aromatic carbocycles. The van der Waals surface area contributed by atoms with E-state index in [1.165, 1.54) is 0 Å². The van der Waals surface area contributed by atoms with Crippen LogP contribution in [0.25, 0.3) is 11.0 Å². The predicted molar refractivity (Wildman–Crippen MR) is 107 cm³/mol. The van der Waals surface area contributed by atoms with Gasteiger partial charge in [-0.2, -0.15) is 0 Å². The SMILES string of the molecule is CC[C@@H](C)c1ccc(O)c(NC(=S)NC(=O)c2cc3ccccc3o2)c1. The second-order valence-electron chi connectivity index (χ2n) is 6.14. The molecule has 0 spiro atoms. The minimum absolute atomic E-state index is 0.0670. The average molecular weight is 368 g/mol. The highest BCUT2D eigenvalue weighted by Gasteiger charge is 2.15. The van der Waals surface area contributed by atoms with E-state index in [0.29, 0.717) is 17.2 Å². The molecule has 0 radical (unpaired) electrons. The van der Waals surface area contributed by atoms with Crippen molar-refractivity contribution in [3.8, 4) is 5.75 Å². The van der Waals surface area contributed by atoms with Crippen LogP contribution in [0.3, 0.4) is 0 Å². The number of amides is 1. The molecule has 0 saturated heterocycles. The maximum absolute atomic E-state index is 12.3. The lowest BCUT2D eigenvalue weighted by Crippen LogP contribution is -2.33. The molecule has 6 heteroatoms. The second kappa shape index (κ2) is 7.58. The summed E-state index contributed by atoms with van der Waals surface area (Å²) >= 11 is 5.19. The van der Waals surface area contributed by atoms with Crippen molar-refractivity contribution < 1.29 is 14.3 Å². The molecule has 3 N–H and O–H groups in total. The third-order valence-corrected chi connectivity index (χ3v) is 4.53. The molecule has 0 aliphatic carbocycles. The summed E-state index contributed by atoms with van der Waals surface area (Å²) in [5.41, 5.74) is 2.17. The summed E-state index contributed by atoms with van der Waals surface area (Å²) in [5.74, 6) is 0.149. The zero-order valence-corrected chi connectivity index (χ0v) is 15.4. The van der Waals surface area contributed by atoms with Gasteiger partial charge in [0.05, 0.1) is 5.69 Å². The van der Waals surface area contributed by atoms with Gasteiger partial charge in [-0.3, -0.25) is 10.1 Å². The van der Waals surface area contributed by atoms with Crippen LogP contribution in [0.4, 0.5) is 5.69 Å². The molecule has 0 saturated carbocycles. The van der Waals surface area contributed by atoms with Gasteiger partial charge < -0.3 is 14.8 Å². The third kappa shape index (κ3) is 3.86. The number of aromatic hydroxyl groups is 1. The monoisotopic (exact) mass is 368 g/mol. The number of hydrogen-bond donors (Lipinski definition) is 3. The van der Waals surface area contributed by atoms with Crippen molar-refractivity contribution in [2.75, 3.05) is 5.32 Å². The van der Waals surface area contributed by atoms with Crippen molar-refractivity contribution >= 4 is 39.9 Å². The van der Waals surface area contributed by atoms with Crippen molar-refractivity contribution in [2.45, 2.75) is 26.2 Å². The molecular formula is C20H20N2O3S. The zero-order chi connectivity index (χ0) is 18.7. The second-order valence-corrected chi connectivity index (χ2v) is 6.55. The van der Waals surface area contributed by atoms with Crippen LogP contribution < -0.4 is 10.6 Å². The Bertz CT molecular complexity index is 932. The lowest BCUT2D eigenvalue weighted by Gasteiger charge is -2.14. The van der Waals surface area contributed by atoms with E-state index in [2.05, 4.69) is 24.5 Å². The minimum Gasteiger partial charge on any atom is -0.506 e. The van der Waals surface area contributed by atoms with Crippen LogP contribution in [0.1, 0.15) is 42.3 Å². The fraction of sp³-hybridized carbons (Fsp3) is 0.200. The zero-order valence-electron chi connectivity index (χ0n) is 14.6. The van der Waals surface area contributed by atoms with Crippen molar-refractivity contribution in [1.82, 2.24) is 5.32 Å². The number of fused-ring (bicyclic) bond motifs is 1. The Morgan fingerprint density at radius 3 is 2.73 bits per heavy atom. The number of benzene rings is 2. The van der Waals surface area contributed by atoms with Crippen LogP contribution in [-0.4, -0.2) is 16.1 Å². The number of furan rings is 1. The van der Waals surface area contributed by atoms with Crippen LogP contribution in [0.5, 0.6) is 5.75 Å². The summed E-state index contributed by atoms with van der Waals surface area (Å²) in [6.45, 7) is 4.21. The highest BCUT2D eigenvalue weighted by atomic mass is 32.1. The number of phenols is 1. The van der Waals surface area contributed by atoms with E-state index in [9.17, 15) is 9.90 Å². The van der Waals surface area contributed by atoms with Crippen molar-refractivity contribution in [3.05, 3.63) is 59.9 Å². The molecule has 0 unspecified atom stereocenters. The van der Waals surface area contributed by atoms with E-state index in [1.807, 2.05) is 30.3 Å². The maximum atomic E-state index is 12.3. The fourth-order valence-electron chi connectivity index (χ4n) is 2.61. The minimum atomic E-state index is -0.448. The molecule has 0 bridgehead atoms. The largest absolute Gasteiger partial charge is 0.506 e. The van der Waals surface area contributed by atoms with E-state index in [-0.39, 0.29) is 16.6 Å². The van der Waals surface area contributed by atoms with E-state index in [0.717, 1.165) is 17.4 Å². The van der Waals surface area contributed by atoms with E-state index in [4.69, 9.17) is 16.6 Å². The highest BCUT2D eigenvalue weighted by Crippen LogP contribution is 2.29. The Kier molecular flexibility index (Phi) is 5.23. The standard InChI is InChI=1S/C20H20N2O3S/c1-3-12(2)13-8-9-16(23)15(10-13)21-20(26)22-19(24)18-11-14-6-4-5-7-17(14)25-18/h4-12,23H,3H2,1-2H3,(H2,21,22,24,26)/t12-/m1/s1. The van der Waals surface area contributed by atoms with Gasteiger partial charge in [0.1, 0.15) is 11.3 Å². The normalized spacial score (nSPS) is 11.9.